The molecule has 0 aromatic heterocycles. The highest BCUT2D eigenvalue weighted by Crippen LogP contribution is 2.29. The molecule has 0 saturated heterocycles. The number of nitrogens with two attached hydrogens (primary N) is 1. The van der Waals surface area contributed by atoms with Gasteiger partial charge in [-0.25, -0.2) is 8.78 Å². The Morgan fingerprint density at radius 2 is 1.68 bits per heavy atom. The van der Waals surface area contributed by atoms with Crippen molar-refractivity contribution in [1.29, 1.82) is 0 Å². The Labute approximate surface area is 109 Å². The molecular weight excluding hydrogens is 252 g/mol. The van der Waals surface area contributed by atoms with E-state index in [4.69, 9.17) is 15.2 Å². The monoisotopic (exact) mass is 265 g/mol. The van der Waals surface area contributed by atoms with Crippen LogP contribution in [0.5, 0.6) is 11.5 Å². The normalized spacial score (nSPS) is 10.3. The Bertz CT molecular complexity index is 567. The molecule has 2 rings (SSSR count). The van der Waals surface area contributed by atoms with Crippen LogP contribution < -0.4 is 15.2 Å². The molecule has 0 amide bonds. The fourth-order valence-electron chi connectivity index (χ4n) is 1.66. The summed E-state index contributed by atoms with van der Waals surface area (Å²) in [7, 11) is 1.50. The molecule has 0 saturated carbocycles. The predicted molar refractivity (Wildman–Crippen MR) is 68.1 cm³/mol. The summed E-state index contributed by atoms with van der Waals surface area (Å²) in [5.74, 6) is -0.352. The number of halogens is 2. The Morgan fingerprint density at radius 3 is 2.32 bits per heavy atom. The number of nitrogen functional groups attached to an aromatic ring is 1. The lowest BCUT2D eigenvalue weighted by molar-refractivity contribution is 0.283. The SMILES string of the molecule is COc1ccc(N)cc1OCc1cc(F)cc(F)c1. The summed E-state index contributed by atoms with van der Waals surface area (Å²) in [5, 5.41) is 0. The van der Waals surface area contributed by atoms with Crippen LogP contribution in [0, 0.1) is 11.6 Å². The quantitative estimate of drug-likeness (QED) is 0.864. The van der Waals surface area contributed by atoms with Gasteiger partial charge in [-0.3, -0.25) is 0 Å². The molecule has 3 nitrogen and oxygen atoms in total. The minimum atomic E-state index is -0.641. The summed E-state index contributed by atoms with van der Waals surface area (Å²) in [6.07, 6.45) is 0. The van der Waals surface area contributed by atoms with Crippen LogP contribution in [0.15, 0.2) is 36.4 Å². The summed E-state index contributed by atoms with van der Waals surface area (Å²) in [6.45, 7) is 0.0223. The van der Waals surface area contributed by atoms with E-state index in [1.54, 1.807) is 18.2 Å². The maximum absolute atomic E-state index is 13.0. The van der Waals surface area contributed by atoms with E-state index in [9.17, 15) is 8.78 Å². The lowest BCUT2D eigenvalue weighted by atomic mass is 10.2. The highest BCUT2D eigenvalue weighted by atomic mass is 19.1. The van der Waals surface area contributed by atoms with Gasteiger partial charge in [0.2, 0.25) is 0 Å². The van der Waals surface area contributed by atoms with E-state index >= 15 is 0 Å². The van der Waals surface area contributed by atoms with Gasteiger partial charge in [-0.2, -0.15) is 0 Å². The minimum absolute atomic E-state index is 0.0223. The largest absolute Gasteiger partial charge is 0.493 e. The number of ether oxygens (including phenoxy) is 2. The Balaban J connectivity index is 2.16. The van der Waals surface area contributed by atoms with E-state index in [-0.39, 0.29) is 6.61 Å². The second-order valence-corrected chi connectivity index (χ2v) is 3.98. The molecule has 0 atom stereocenters. The second-order valence-electron chi connectivity index (χ2n) is 3.98. The van der Waals surface area contributed by atoms with Gasteiger partial charge in [-0.1, -0.05) is 0 Å². The number of anilines is 1. The zero-order valence-corrected chi connectivity index (χ0v) is 10.3. The molecule has 0 unspecified atom stereocenters. The van der Waals surface area contributed by atoms with Crippen LogP contribution in [0.25, 0.3) is 0 Å². The second kappa shape index (κ2) is 5.56. The number of hydrogen-bond donors (Lipinski definition) is 1. The molecule has 2 N–H and O–H groups in total. The molecule has 2 aromatic rings. The van der Waals surface area contributed by atoms with E-state index in [1.807, 2.05) is 0 Å². The predicted octanol–water partition coefficient (Wildman–Crippen LogP) is 3.13. The van der Waals surface area contributed by atoms with E-state index < -0.39 is 11.6 Å². The molecule has 0 fully saturated rings. The Morgan fingerprint density at radius 1 is 1.00 bits per heavy atom. The van der Waals surface area contributed by atoms with Crippen molar-refractivity contribution in [2.45, 2.75) is 6.61 Å². The van der Waals surface area contributed by atoms with Crippen molar-refractivity contribution in [2.75, 3.05) is 12.8 Å². The van der Waals surface area contributed by atoms with Crippen molar-refractivity contribution in [3.8, 4) is 11.5 Å². The zero-order valence-electron chi connectivity index (χ0n) is 10.3. The van der Waals surface area contributed by atoms with Crippen molar-refractivity contribution in [3.05, 3.63) is 53.6 Å². The van der Waals surface area contributed by atoms with Crippen LogP contribution in [0.2, 0.25) is 0 Å². The van der Waals surface area contributed by atoms with Crippen LogP contribution in [0.4, 0.5) is 14.5 Å². The van der Waals surface area contributed by atoms with Crippen molar-refractivity contribution in [2.24, 2.45) is 0 Å². The first-order chi connectivity index (χ1) is 9.08. The first-order valence-corrected chi connectivity index (χ1v) is 5.60. The number of methoxy groups -OCH3 is 1. The van der Waals surface area contributed by atoms with Gasteiger partial charge in [0.1, 0.15) is 18.2 Å². The standard InChI is InChI=1S/C14H13F2NO2/c1-18-13-3-2-12(17)7-14(13)19-8-9-4-10(15)6-11(16)5-9/h2-7H,8,17H2,1H3. The van der Waals surface area contributed by atoms with Gasteiger partial charge in [0.05, 0.1) is 7.11 Å². The first kappa shape index (κ1) is 13.1. The summed E-state index contributed by atoms with van der Waals surface area (Å²) >= 11 is 0. The molecule has 0 heterocycles. The topological polar surface area (TPSA) is 44.5 Å². The summed E-state index contributed by atoms with van der Waals surface area (Å²) in [6, 6.07) is 8.16. The van der Waals surface area contributed by atoms with Crippen molar-refractivity contribution < 1.29 is 18.3 Å². The van der Waals surface area contributed by atoms with Crippen LogP contribution in [0.1, 0.15) is 5.56 Å². The van der Waals surface area contributed by atoms with Crippen molar-refractivity contribution in [3.63, 3.8) is 0 Å². The van der Waals surface area contributed by atoms with Gasteiger partial charge < -0.3 is 15.2 Å². The minimum Gasteiger partial charge on any atom is -0.493 e. The Kier molecular flexibility index (Phi) is 3.85. The molecule has 0 bridgehead atoms. The first-order valence-electron chi connectivity index (χ1n) is 5.60. The molecule has 0 aliphatic rings. The van der Waals surface area contributed by atoms with Gasteiger partial charge in [0.15, 0.2) is 11.5 Å². The van der Waals surface area contributed by atoms with Gasteiger partial charge >= 0.3 is 0 Å². The van der Waals surface area contributed by atoms with E-state index in [2.05, 4.69) is 0 Å². The fraction of sp³-hybridized carbons (Fsp3) is 0.143. The summed E-state index contributed by atoms with van der Waals surface area (Å²) < 4.78 is 36.6. The Hall–Kier alpha value is -2.30. The highest BCUT2D eigenvalue weighted by molar-refractivity contribution is 5.51. The molecule has 0 aliphatic carbocycles. The van der Waals surface area contributed by atoms with Crippen LogP contribution >= 0.6 is 0 Å². The van der Waals surface area contributed by atoms with Gasteiger partial charge in [0.25, 0.3) is 0 Å². The smallest absolute Gasteiger partial charge is 0.163 e. The van der Waals surface area contributed by atoms with Crippen molar-refractivity contribution in [1.82, 2.24) is 0 Å². The number of rotatable bonds is 4. The maximum atomic E-state index is 13.0. The van der Waals surface area contributed by atoms with E-state index in [0.29, 0.717) is 22.7 Å². The lowest BCUT2D eigenvalue weighted by Crippen LogP contribution is -1.99. The molecule has 100 valence electrons. The van der Waals surface area contributed by atoms with Crippen LogP contribution in [0.3, 0.4) is 0 Å². The molecular formula is C14H13F2NO2. The summed E-state index contributed by atoms with van der Waals surface area (Å²) in [4.78, 5) is 0. The zero-order chi connectivity index (χ0) is 13.8. The highest BCUT2D eigenvalue weighted by Gasteiger charge is 2.06. The van der Waals surface area contributed by atoms with Crippen molar-refractivity contribution >= 4 is 5.69 Å². The van der Waals surface area contributed by atoms with Crippen LogP contribution in [-0.2, 0) is 6.61 Å². The third kappa shape index (κ3) is 3.34. The van der Waals surface area contributed by atoms with Gasteiger partial charge in [-0.05, 0) is 29.8 Å². The van der Waals surface area contributed by atoms with Crippen LogP contribution in [-0.4, -0.2) is 7.11 Å². The lowest BCUT2D eigenvalue weighted by Gasteiger charge is -2.11. The average molecular weight is 265 g/mol. The molecule has 5 heteroatoms. The fourth-order valence-corrected chi connectivity index (χ4v) is 1.66. The average Bonchev–Trinajstić information content (AvgIpc) is 2.35. The molecule has 0 radical (unpaired) electrons. The molecule has 19 heavy (non-hydrogen) atoms. The van der Waals surface area contributed by atoms with E-state index in [0.717, 1.165) is 6.07 Å². The number of benzene rings is 2. The molecule has 0 spiro atoms. The number of hydrogen-bond acceptors (Lipinski definition) is 3. The van der Waals surface area contributed by atoms with Gasteiger partial charge in [0, 0.05) is 17.8 Å². The summed E-state index contributed by atoms with van der Waals surface area (Å²) in [5.41, 5.74) is 6.55. The van der Waals surface area contributed by atoms with E-state index in [1.165, 1.54) is 19.2 Å². The maximum Gasteiger partial charge on any atom is 0.163 e. The molecule has 2 aromatic carbocycles. The molecule has 0 aliphatic heterocycles. The third-order valence-electron chi connectivity index (χ3n) is 2.50. The van der Waals surface area contributed by atoms with Gasteiger partial charge in [-0.15, -0.1) is 0 Å². The third-order valence-corrected chi connectivity index (χ3v) is 2.50.